The predicted molar refractivity (Wildman–Crippen MR) is 58.1 cm³/mol. The molecule has 0 aliphatic carbocycles. The lowest BCUT2D eigenvalue weighted by atomic mass is 10.3. The molecule has 3 nitrogen and oxygen atoms in total. The average molecular weight is 208 g/mol. The van der Waals surface area contributed by atoms with Crippen molar-refractivity contribution in [2.24, 2.45) is 0 Å². The smallest absolute Gasteiger partial charge is 0.315 e. The van der Waals surface area contributed by atoms with Crippen LogP contribution in [0.5, 0.6) is 0 Å². The SMILES string of the molecule is O=C(NC1CSC1)NC1CSC1.[HH].[HH]. The number of rotatable bonds is 2. The Bertz CT molecular complexity index is 171. The van der Waals surface area contributed by atoms with Crippen LogP contribution in [0.25, 0.3) is 0 Å². The van der Waals surface area contributed by atoms with Crippen LogP contribution >= 0.6 is 23.5 Å². The zero-order valence-corrected chi connectivity index (χ0v) is 8.34. The second-order valence-corrected chi connectivity index (χ2v) is 5.24. The molecule has 72 valence electrons. The summed E-state index contributed by atoms with van der Waals surface area (Å²) in [7, 11) is 0. The zero-order chi connectivity index (χ0) is 8.39. The Hall–Kier alpha value is -0.0300. The van der Waals surface area contributed by atoms with Crippen LogP contribution in [0.15, 0.2) is 0 Å². The summed E-state index contributed by atoms with van der Waals surface area (Å²) in [6.07, 6.45) is 0. The quantitative estimate of drug-likeness (QED) is 0.711. The summed E-state index contributed by atoms with van der Waals surface area (Å²) < 4.78 is 0. The summed E-state index contributed by atoms with van der Waals surface area (Å²) in [5.74, 6) is 4.30. The molecule has 2 heterocycles. The molecule has 2 N–H and O–H groups in total. The molecular formula is C7H16N2OS2. The number of urea groups is 1. The van der Waals surface area contributed by atoms with Crippen molar-refractivity contribution >= 4 is 29.6 Å². The van der Waals surface area contributed by atoms with Crippen LogP contribution in [0.2, 0.25) is 0 Å². The van der Waals surface area contributed by atoms with Gasteiger partial charge in [-0.2, -0.15) is 23.5 Å². The summed E-state index contributed by atoms with van der Waals surface area (Å²) in [5, 5.41) is 5.87. The first kappa shape index (κ1) is 8.56. The normalized spacial score (nSPS) is 24.0. The third kappa shape index (κ3) is 2.01. The maximum absolute atomic E-state index is 11.2. The van der Waals surface area contributed by atoms with Crippen LogP contribution in [-0.4, -0.2) is 41.1 Å². The van der Waals surface area contributed by atoms with Crippen LogP contribution in [0.1, 0.15) is 2.85 Å². The standard InChI is InChI=1S/C7H12N2OS2.2H2/c10-7(8-5-1-11-2-5)9-6-3-12-4-6;;/h5-6H,1-4H2,(H2,8,9,10);2*1H. The van der Waals surface area contributed by atoms with E-state index >= 15 is 0 Å². The van der Waals surface area contributed by atoms with Gasteiger partial charge in [0, 0.05) is 37.9 Å². The topological polar surface area (TPSA) is 41.1 Å². The van der Waals surface area contributed by atoms with Crippen molar-refractivity contribution in [1.29, 1.82) is 0 Å². The van der Waals surface area contributed by atoms with Crippen LogP contribution in [-0.2, 0) is 0 Å². The molecule has 0 aromatic carbocycles. The molecule has 2 fully saturated rings. The van der Waals surface area contributed by atoms with Crippen molar-refractivity contribution in [3.63, 3.8) is 0 Å². The molecule has 0 bridgehead atoms. The summed E-state index contributed by atoms with van der Waals surface area (Å²) in [6.45, 7) is 0. The van der Waals surface area contributed by atoms with E-state index in [9.17, 15) is 4.79 Å². The van der Waals surface area contributed by atoms with Gasteiger partial charge in [-0.25, -0.2) is 4.79 Å². The summed E-state index contributed by atoms with van der Waals surface area (Å²) in [5.41, 5.74) is 0. The number of carbonyl (C=O) groups is 1. The highest BCUT2D eigenvalue weighted by atomic mass is 32.2. The van der Waals surface area contributed by atoms with Crippen LogP contribution in [0.3, 0.4) is 0 Å². The highest BCUT2D eigenvalue weighted by Crippen LogP contribution is 2.18. The lowest BCUT2D eigenvalue weighted by molar-refractivity contribution is 0.236. The van der Waals surface area contributed by atoms with E-state index in [-0.39, 0.29) is 8.88 Å². The largest absolute Gasteiger partial charge is 0.334 e. The first-order valence-corrected chi connectivity index (χ1v) is 6.38. The molecule has 0 spiro atoms. The van der Waals surface area contributed by atoms with Crippen molar-refractivity contribution in [3.05, 3.63) is 0 Å². The van der Waals surface area contributed by atoms with Crippen molar-refractivity contribution in [3.8, 4) is 0 Å². The maximum atomic E-state index is 11.2. The molecule has 12 heavy (non-hydrogen) atoms. The molecular weight excluding hydrogens is 192 g/mol. The molecule has 2 saturated heterocycles. The van der Waals surface area contributed by atoms with Crippen LogP contribution in [0, 0.1) is 0 Å². The van der Waals surface area contributed by atoms with Gasteiger partial charge in [0.1, 0.15) is 0 Å². The summed E-state index contributed by atoms with van der Waals surface area (Å²) in [6, 6.07) is 0.857. The van der Waals surface area contributed by atoms with Gasteiger partial charge in [-0.05, 0) is 0 Å². The number of hydrogen-bond donors (Lipinski definition) is 2. The number of carbonyl (C=O) groups excluding carboxylic acids is 1. The lowest BCUT2D eigenvalue weighted by Gasteiger charge is -2.30. The molecule has 2 aliphatic rings. The molecule has 0 radical (unpaired) electrons. The third-order valence-corrected chi connectivity index (χ3v) is 4.50. The average Bonchev–Trinajstić information content (AvgIpc) is 1.89. The summed E-state index contributed by atoms with van der Waals surface area (Å²) in [4.78, 5) is 11.2. The van der Waals surface area contributed by atoms with E-state index < -0.39 is 0 Å². The van der Waals surface area contributed by atoms with Gasteiger partial charge in [0.05, 0.1) is 0 Å². The van der Waals surface area contributed by atoms with E-state index in [0.717, 1.165) is 23.0 Å². The minimum absolute atomic E-state index is 0. The van der Waals surface area contributed by atoms with Gasteiger partial charge in [-0.1, -0.05) is 0 Å². The fraction of sp³-hybridized carbons (Fsp3) is 0.857. The molecule has 5 heteroatoms. The Balaban J connectivity index is 0.000000845. The van der Waals surface area contributed by atoms with Gasteiger partial charge < -0.3 is 10.6 Å². The van der Waals surface area contributed by atoms with Crippen LogP contribution < -0.4 is 10.6 Å². The van der Waals surface area contributed by atoms with Crippen molar-refractivity contribution in [2.75, 3.05) is 23.0 Å². The van der Waals surface area contributed by atoms with Gasteiger partial charge in [0.15, 0.2) is 0 Å². The fourth-order valence-electron chi connectivity index (χ4n) is 1.05. The second kappa shape index (κ2) is 3.79. The number of amides is 2. The number of thioether (sulfide) groups is 2. The molecule has 2 aliphatic heterocycles. The minimum Gasteiger partial charge on any atom is -0.334 e. The first-order chi connectivity index (χ1) is 5.84. The van der Waals surface area contributed by atoms with Gasteiger partial charge in [0.2, 0.25) is 0 Å². The fourth-order valence-corrected chi connectivity index (χ4v) is 2.33. The van der Waals surface area contributed by atoms with Crippen molar-refractivity contribution in [1.82, 2.24) is 10.6 Å². The van der Waals surface area contributed by atoms with Gasteiger partial charge in [0.25, 0.3) is 0 Å². The Morgan fingerprint density at radius 3 is 1.75 bits per heavy atom. The molecule has 0 aromatic rings. The van der Waals surface area contributed by atoms with E-state index in [0.29, 0.717) is 12.1 Å². The molecule has 0 atom stereocenters. The maximum Gasteiger partial charge on any atom is 0.315 e. The Kier molecular flexibility index (Phi) is 2.70. The van der Waals surface area contributed by atoms with E-state index in [4.69, 9.17) is 0 Å². The molecule has 2 rings (SSSR count). The van der Waals surface area contributed by atoms with E-state index in [2.05, 4.69) is 10.6 Å². The van der Waals surface area contributed by atoms with Crippen molar-refractivity contribution < 1.29 is 7.65 Å². The third-order valence-electron chi connectivity index (χ3n) is 1.95. The predicted octanol–water partition coefficient (Wildman–Crippen LogP) is 1.01. The van der Waals surface area contributed by atoms with Gasteiger partial charge >= 0.3 is 6.03 Å². The van der Waals surface area contributed by atoms with E-state index in [1.54, 1.807) is 0 Å². The molecule has 0 unspecified atom stereocenters. The Morgan fingerprint density at radius 1 is 1.08 bits per heavy atom. The van der Waals surface area contributed by atoms with Gasteiger partial charge in [-0.15, -0.1) is 0 Å². The summed E-state index contributed by atoms with van der Waals surface area (Å²) >= 11 is 3.76. The Labute approximate surface area is 83.4 Å². The highest BCUT2D eigenvalue weighted by Gasteiger charge is 2.23. The Morgan fingerprint density at radius 2 is 1.50 bits per heavy atom. The number of hydrogen-bond acceptors (Lipinski definition) is 3. The lowest BCUT2D eigenvalue weighted by Crippen LogP contribution is -2.53. The minimum atomic E-state index is 0. The molecule has 0 aromatic heterocycles. The second-order valence-electron chi connectivity index (χ2n) is 3.09. The van der Waals surface area contributed by atoms with Crippen molar-refractivity contribution in [2.45, 2.75) is 12.1 Å². The molecule has 2 amide bonds. The molecule has 0 saturated carbocycles. The zero-order valence-electron chi connectivity index (χ0n) is 6.71. The first-order valence-electron chi connectivity index (χ1n) is 4.07. The highest BCUT2D eigenvalue weighted by molar-refractivity contribution is 8.01. The van der Waals surface area contributed by atoms with E-state index in [1.165, 1.54) is 0 Å². The number of nitrogens with one attached hydrogen (secondary N) is 2. The van der Waals surface area contributed by atoms with E-state index in [1.807, 2.05) is 23.5 Å². The van der Waals surface area contributed by atoms with Gasteiger partial charge in [-0.3, -0.25) is 0 Å². The monoisotopic (exact) mass is 208 g/mol. The van der Waals surface area contributed by atoms with Crippen LogP contribution in [0.4, 0.5) is 4.79 Å².